The molecule has 8 nitrogen and oxygen atoms in total. The first-order chi connectivity index (χ1) is 14.6. The van der Waals surface area contributed by atoms with Crippen molar-refractivity contribution in [2.75, 3.05) is 20.7 Å². The van der Waals surface area contributed by atoms with Crippen LogP contribution >= 0.6 is 35.6 Å². The van der Waals surface area contributed by atoms with Gasteiger partial charge < -0.3 is 24.6 Å². The molecule has 0 radical (unpaired) electrons. The number of nitrogens with zero attached hydrogens (tertiary/aromatic N) is 3. The van der Waals surface area contributed by atoms with E-state index in [0.717, 1.165) is 5.56 Å². The molecule has 10 heteroatoms. The Bertz CT molecular complexity index is 998. The molecule has 2 N–H and O–H groups in total. The summed E-state index contributed by atoms with van der Waals surface area (Å²) in [6.45, 7) is 2.83. The smallest absolute Gasteiger partial charge is 0.246 e. The van der Waals surface area contributed by atoms with Gasteiger partial charge in [-0.2, -0.15) is 4.98 Å². The van der Waals surface area contributed by atoms with Gasteiger partial charge in [-0.15, -0.1) is 24.0 Å². The van der Waals surface area contributed by atoms with Crippen molar-refractivity contribution in [3.63, 3.8) is 0 Å². The first kappa shape index (κ1) is 24.7. The summed E-state index contributed by atoms with van der Waals surface area (Å²) < 4.78 is 16.5. The Labute approximate surface area is 203 Å². The monoisotopic (exact) mass is 557 g/mol. The van der Waals surface area contributed by atoms with E-state index in [-0.39, 0.29) is 30.1 Å². The van der Waals surface area contributed by atoms with Gasteiger partial charge >= 0.3 is 0 Å². The van der Waals surface area contributed by atoms with Gasteiger partial charge in [0.2, 0.25) is 11.7 Å². The molecular formula is C21H25ClIN5O3. The van der Waals surface area contributed by atoms with Crippen LogP contribution in [0.1, 0.15) is 12.8 Å². The van der Waals surface area contributed by atoms with Crippen LogP contribution in [0.2, 0.25) is 5.02 Å². The third kappa shape index (κ3) is 7.28. The Morgan fingerprint density at radius 3 is 2.65 bits per heavy atom. The molecule has 3 aromatic rings. The maximum atomic E-state index is 6.01. The molecule has 3 rings (SSSR count). The number of para-hydroxylation sites is 2. The Morgan fingerprint density at radius 1 is 1.16 bits per heavy atom. The van der Waals surface area contributed by atoms with Crippen molar-refractivity contribution in [1.29, 1.82) is 0 Å². The zero-order valence-electron chi connectivity index (χ0n) is 17.5. The lowest BCUT2D eigenvalue weighted by molar-refractivity contribution is 0.213. The number of hydrogen-bond acceptors (Lipinski definition) is 6. The van der Waals surface area contributed by atoms with Gasteiger partial charge in [0, 0.05) is 17.6 Å². The molecule has 2 aromatic carbocycles. The number of ether oxygens (including phenoxy) is 2. The van der Waals surface area contributed by atoms with E-state index in [1.165, 1.54) is 0 Å². The highest BCUT2D eigenvalue weighted by Crippen LogP contribution is 2.26. The average Bonchev–Trinajstić information content (AvgIpc) is 3.23. The quantitative estimate of drug-likeness (QED) is 0.244. The fourth-order valence-corrected chi connectivity index (χ4v) is 2.86. The number of halogens is 2. The number of aliphatic imine (C=N–C) groups is 1. The molecule has 0 fully saturated rings. The van der Waals surface area contributed by atoms with E-state index in [1.54, 1.807) is 26.3 Å². The Balaban J connectivity index is 0.00000341. The van der Waals surface area contributed by atoms with Gasteiger partial charge in [0.15, 0.2) is 17.5 Å². The average molecular weight is 558 g/mol. The van der Waals surface area contributed by atoms with E-state index >= 15 is 0 Å². The Kier molecular flexibility index (Phi) is 9.86. The van der Waals surface area contributed by atoms with Crippen molar-refractivity contribution in [3.8, 4) is 22.9 Å². The van der Waals surface area contributed by atoms with Crippen LogP contribution in [-0.4, -0.2) is 42.9 Å². The number of aromatic nitrogens is 2. The van der Waals surface area contributed by atoms with Gasteiger partial charge in [0.05, 0.1) is 20.2 Å². The summed E-state index contributed by atoms with van der Waals surface area (Å²) in [5, 5.41) is 11.0. The van der Waals surface area contributed by atoms with Crippen LogP contribution in [0, 0.1) is 0 Å². The SMILES string of the molecule is CN=C(NCc1nc(-c2cccc(Cl)c2)no1)NCC(C)Oc1ccccc1OC.I. The lowest BCUT2D eigenvalue weighted by Crippen LogP contribution is -2.41. The van der Waals surface area contributed by atoms with Crippen molar-refractivity contribution in [2.24, 2.45) is 4.99 Å². The molecule has 166 valence electrons. The van der Waals surface area contributed by atoms with Crippen LogP contribution < -0.4 is 20.1 Å². The minimum absolute atomic E-state index is 0. The lowest BCUT2D eigenvalue weighted by Gasteiger charge is -2.18. The highest BCUT2D eigenvalue weighted by Gasteiger charge is 2.12. The molecule has 0 spiro atoms. The summed E-state index contributed by atoms with van der Waals surface area (Å²) >= 11 is 6.01. The number of benzene rings is 2. The van der Waals surface area contributed by atoms with Crippen molar-refractivity contribution in [2.45, 2.75) is 19.6 Å². The lowest BCUT2D eigenvalue weighted by atomic mass is 10.2. The highest BCUT2D eigenvalue weighted by molar-refractivity contribution is 14.0. The van der Waals surface area contributed by atoms with Gasteiger partial charge in [0.25, 0.3) is 0 Å². The standard InChI is InChI=1S/C21H24ClN5O3.HI/c1-14(29-18-10-5-4-9-17(18)28-3)12-24-21(23-2)25-13-19-26-20(27-30-19)15-7-6-8-16(22)11-15;/h4-11,14H,12-13H2,1-3H3,(H2,23,24,25);1H. The molecular weight excluding hydrogens is 533 g/mol. The Morgan fingerprint density at radius 2 is 1.94 bits per heavy atom. The predicted molar refractivity (Wildman–Crippen MR) is 131 cm³/mol. The van der Waals surface area contributed by atoms with Gasteiger partial charge in [-0.05, 0) is 31.2 Å². The molecule has 0 aliphatic carbocycles. The second-order valence-electron chi connectivity index (χ2n) is 6.41. The van der Waals surface area contributed by atoms with Crippen molar-refractivity contribution in [3.05, 3.63) is 59.4 Å². The van der Waals surface area contributed by atoms with Crippen LogP contribution in [0.15, 0.2) is 58.0 Å². The third-order valence-electron chi connectivity index (χ3n) is 4.14. The fourth-order valence-electron chi connectivity index (χ4n) is 2.67. The molecule has 1 atom stereocenters. The molecule has 31 heavy (non-hydrogen) atoms. The second-order valence-corrected chi connectivity index (χ2v) is 6.84. The molecule has 1 unspecified atom stereocenters. The molecule has 1 aromatic heterocycles. The zero-order valence-corrected chi connectivity index (χ0v) is 20.5. The summed E-state index contributed by atoms with van der Waals surface area (Å²) in [5.74, 6) is 2.89. The van der Waals surface area contributed by atoms with Crippen molar-refractivity contribution < 1.29 is 14.0 Å². The van der Waals surface area contributed by atoms with Crippen LogP contribution in [0.3, 0.4) is 0 Å². The van der Waals surface area contributed by atoms with Gasteiger partial charge in [0.1, 0.15) is 6.10 Å². The van der Waals surface area contributed by atoms with Gasteiger partial charge in [-0.1, -0.05) is 41.0 Å². The second kappa shape index (κ2) is 12.4. The number of rotatable bonds is 8. The van der Waals surface area contributed by atoms with Crippen LogP contribution in [-0.2, 0) is 6.54 Å². The largest absolute Gasteiger partial charge is 0.493 e. The van der Waals surface area contributed by atoms with E-state index in [4.69, 9.17) is 25.6 Å². The van der Waals surface area contributed by atoms with E-state index < -0.39 is 0 Å². The normalized spacial score (nSPS) is 11.9. The minimum atomic E-state index is -0.113. The summed E-state index contributed by atoms with van der Waals surface area (Å²) in [6.07, 6.45) is -0.113. The van der Waals surface area contributed by atoms with E-state index in [2.05, 4.69) is 25.8 Å². The molecule has 0 aliphatic heterocycles. The summed E-state index contributed by atoms with van der Waals surface area (Å²) in [6, 6.07) is 14.8. The first-order valence-electron chi connectivity index (χ1n) is 9.41. The molecule has 0 saturated carbocycles. The topological polar surface area (TPSA) is 93.8 Å². The summed E-state index contributed by atoms with van der Waals surface area (Å²) in [7, 11) is 3.30. The maximum absolute atomic E-state index is 6.01. The predicted octanol–water partition coefficient (Wildman–Crippen LogP) is 4.15. The van der Waals surface area contributed by atoms with Gasteiger partial charge in [-0.3, -0.25) is 4.99 Å². The molecule has 0 aliphatic rings. The number of guanidine groups is 1. The third-order valence-corrected chi connectivity index (χ3v) is 4.37. The fraction of sp³-hybridized carbons (Fsp3) is 0.286. The number of methoxy groups -OCH3 is 1. The molecule has 1 heterocycles. The van der Waals surface area contributed by atoms with Crippen LogP contribution in [0.4, 0.5) is 0 Å². The van der Waals surface area contributed by atoms with Crippen LogP contribution in [0.5, 0.6) is 11.5 Å². The first-order valence-corrected chi connectivity index (χ1v) is 9.79. The summed E-state index contributed by atoms with van der Waals surface area (Å²) in [5.41, 5.74) is 0.794. The number of nitrogens with one attached hydrogen (secondary N) is 2. The van der Waals surface area contributed by atoms with E-state index in [9.17, 15) is 0 Å². The molecule has 0 amide bonds. The zero-order chi connectivity index (χ0) is 21.3. The van der Waals surface area contributed by atoms with Crippen molar-refractivity contribution in [1.82, 2.24) is 20.8 Å². The minimum Gasteiger partial charge on any atom is -0.493 e. The van der Waals surface area contributed by atoms with Gasteiger partial charge in [-0.25, -0.2) is 0 Å². The Hall–Kier alpha value is -2.53. The molecule has 0 bridgehead atoms. The summed E-state index contributed by atoms with van der Waals surface area (Å²) in [4.78, 5) is 8.58. The van der Waals surface area contributed by atoms with E-state index in [1.807, 2.05) is 43.3 Å². The maximum Gasteiger partial charge on any atom is 0.246 e. The molecule has 0 saturated heterocycles. The highest BCUT2D eigenvalue weighted by atomic mass is 127. The van der Waals surface area contributed by atoms with Crippen LogP contribution in [0.25, 0.3) is 11.4 Å². The van der Waals surface area contributed by atoms with E-state index in [0.29, 0.717) is 47.3 Å². The van der Waals surface area contributed by atoms with Crippen molar-refractivity contribution >= 4 is 41.5 Å². The number of hydrogen-bond donors (Lipinski definition) is 2.